The van der Waals surface area contributed by atoms with Gasteiger partial charge < -0.3 is 14.3 Å². The Balaban J connectivity index is 2.32. The third kappa shape index (κ3) is 1.63. The van der Waals surface area contributed by atoms with Gasteiger partial charge in [-0.2, -0.15) is 0 Å². The molecule has 0 atom stereocenters. The number of furan rings is 1. The maximum Gasteiger partial charge on any atom is 0.161 e. The zero-order valence-electron chi connectivity index (χ0n) is 7.37. The Morgan fingerprint density at radius 1 is 1.43 bits per heavy atom. The van der Waals surface area contributed by atoms with Crippen molar-refractivity contribution in [1.82, 2.24) is 0 Å². The summed E-state index contributed by atoms with van der Waals surface area (Å²) in [6.45, 7) is 0.458. The van der Waals surface area contributed by atoms with Gasteiger partial charge in [-0.05, 0) is 12.1 Å². The van der Waals surface area contributed by atoms with Crippen LogP contribution in [0.1, 0.15) is 0 Å². The second-order valence-electron chi connectivity index (χ2n) is 2.82. The van der Waals surface area contributed by atoms with E-state index in [1.807, 2.05) is 0 Å². The fraction of sp³-hybridized carbons (Fsp3) is 0.200. The highest BCUT2D eigenvalue weighted by Gasteiger charge is 2.04. The average Bonchev–Trinajstić information content (AvgIpc) is 2.57. The lowest BCUT2D eigenvalue weighted by atomic mass is 10.2. The van der Waals surface area contributed by atoms with Crippen molar-refractivity contribution in [2.24, 2.45) is 0 Å². The Bertz CT molecular complexity index is 436. The second-order valence-corrected chi connectivity index (χ2v) is 3.19. The zero-order chi connectivity index (χ0) is 9.97. The van der Waals surface area contributed by atoms with E-state index in [1.165, 1.54) is 6.26 Å². The molecule has 1 aromatic carbocycles. The number of aromatic hydroxyl groups is 1. The molecule has 74 valence electrons. The molecule has 0 unspecified atom stereocenters. The van der Waals surface area contributed by atoms with Crippen LogP contribution in [0.2, 0.25) is 0 Å². The van der Waals surface area contributed by atoms with Crippen molar-refractivity contribution in [3.05, 3.63) is 24.5 Å². The summed E-state index contributed by atoms with van der Waals surface area (Å²) in [4.78, 5) is 0. The molecule has 0 aliphatic heterocycles. The van der Waals surface area contributed by atoms with Gasteiger partial charge in [0.15, 0.2) is 5.75 Å². The van der Waals surface area contributed by atoms with Crippen molar-refractivity contribution < 1.29 is 14.3 Å². The first-order chi connectivity index (χ1) is 6.81. The summed E-state index contributed by atoms with van der Waals surface area (Å²) in [7, 11) is 0. The van der Waals surface area contributed by atoms with Crippen molar-refractivity contribution in [3.63, 3.8) is 0 Å². The van der Waals surface area contributed by atoms with E-state index in [0.29, 0.717) is 29.2 Å². The first-order valence-corrected chi connectivity index (χ1v) is 4.73. The second kappa shape index (κ2) is 3.80. The lowest BCUT2D eigenvalue weighted by Gasteiger charge is -2.02. The quantitative estimate of drug-likeness (QED) is 0.796. The molecule has 2 rings (SSSR count). The summed E-state index contributed by atoms with van der Waals surface area (Å²) >= 11 is 5.49. The topological polar surface area (TPSA) is 42.6 Å². The summed E-state index contributed by atoms with van der Waals surface area (Å²) in [5, 5.41) is 10.0. The van der Waals surface area contributed by atoms with Crippen LogP contribution in [0.15, 0.2) is 28.9 Å². The van der Waals surface area contributed by atoms with Crippen molar-refractivity contribution in [1.29, 1.82) is 0 Å². The van der Waals surface area contributed by atoms with Crippen molar-refractivity contribution in [3.8, 4) is 11.5 Å². The fourth-order valence-electron chi connectivity index (χ4n) is 1.24. The van der Waals surface area contributed by atoms with Crippen LogP contribution in [0.25, 0.3) is 11.0 Å². The third-order valence-corrected chi connectivity index (χ3v) is 2.03. The smallest absolute Gasteiger partial charge is 0.161 e. The van der Waals surface area contributed by atoms with Gasteiger partial charge in [0.05, 0.1) is 11.3 Å². The number of hydrogen-bond acceptors (Lipinski definition) is 3. The van der Waals surface area contributed by atoms with E-state index >= 15 is 0 Å². The van der Waals surface area contributed by atoms with Crippen molar-refractivity contribution >= 4 is 22.6 Å². The molecule has 0 radical (unpaired) electrons. The SMILES string of the molecule is Oc1coc2cc(OCCCl)ccc12. The normalized spacial score (nSPS) is 10.6. The first kappa shape index (κ1) is 9.21. The van der Waals surface area contributed by atoms with Crippen LogP contribution in [0.4, 0.5) is 0 Å². The number of ether oxygens (including phenoxy) is 1. The van der Waals surface area contributed by atoms with Crippen molar-refractivity contribution in [2.45, 2.75) is 0 Å². The highest BCUT2D eigenvalue weighted by molar-refractivity contribution is 6.18. The summed E-state index contributed by atoms with van der Waals surface area (Å²) in [5.41, 5.74) is 0.606. The number of halogens is 1. The molecule has 2 aromatic rings. The number of fused-ring (bicyclic) bond motifs is 1. The lowest BCUT2D eigenvalue weighted by Crippen LogP contribution is -1.97. The van der Waals surface area contributed by atoms with Gasteiger partial charge in [-0.25, -0.2) is 0 Å². The molecule has 1 heterocycles. The number of benzene rings is 1. The van der Waals surface area contributed by atoms with Gasteiger partial charge in [0, 0.05) is 6.07 Å². The molecule has 0 spiro atoms. The number of hydrogen-bond donors (Lipinski definition) is 1. The molecular formula is C10H9ClO3. The highest BCUT2D eigenvalue weighted by atomic mass is 35.5. The predicted octanol–water partition coefficient (Wildman–Crippen LogP) is 2.76. The van der Waals surface area contributed by atoms with Gasteiger partial charge in [0.1, 0.15) is 24.2 Å². The fourth-order valence-corrected chi connectivity index (χ4v) is 1.32. The molecular weight excluding hydrogens is 204 g/mol. The minimum Gasteiger partial charge on any atom is -0.504 e. The van der Waals surface area contributed by atoms with Crippen molar-refractivity contribution in [2.75, 3.05) is 12.5 Å². The molecule has 0 aliphatic rings. The highest BCUT2D eigenvalue weighted by Crippen LogP contribution is 2.29. The van der Waals surface area contributed by atoms with Crippen LogP contribution in [-0.2, 0) is 0 Å². The van der Waals surface area contributed by atoms with Crippen LogP contribution in [0, 0.1) is 0 Å². The van der Waals surface area contributed by atoms with Crippen LogP contribution < -0.4 is 4.74 Å². The molecule has 0 fully saturated rings. The number of rotatable bonds is 3. The molecule has 1 N–H and O–H groups in total. The Labute approximate surface area is 85.8 Å². The minimum atomic E-state index is 0.142. The standard InChI is InChI=1S/C10H9ClO3/c11-3-4-13-7-1-2-8-9(12)6-14-10(8)5-7/h1-2,5-6,12H,3-4H2. The number of alkyl halides is 1. The maximum absolute atomic E-state index is 9.32. The van der Waals surface area contributed by atoms with E-state index in [0.717, 1.165) is 0 Å². The maximum atomic E-state index is 9.32. The average molecular weight is 213 g/mol. The van der Waals surface area contributed by atoms with Crippen LogP contribution in [-0.4, -0.2) is 17.6 Å². The summed E-state index contributed by atoms with van der Waals surface area (Å²) in [6.07, 6.45) is 1.30. The van der Waals surface area contributed by atoms with Gasteiger partial charge in [-0.3, -0.25) is 0 Å². The third-order valence-electron chi connectivity index (χ3n) is 1.87. The molecule has 3 nitrogen and oxygen atoms in total. The van der Waals surface area contributed by atoms with Gasteiger partial charge in [0.2, 0.25) is 0 Å². The van der Waals surface area contributed by atoms with E-state index in [4.69, 9.17) is 20.8 Å². The zero-order valence-corrected chi connectivity index (χ0v) is 8.12. The Hall–Kier alpha value is -1.35. The lowest BCUT2D eigenvalue weighted by molar-refractivity contribution is 0.343. The molecule has 14 heavy (non-hydrogen) atoms. The minimum absolute atomic E-state index is 0.142. The molecule has 0 saturated carbocycles. The monoisotopic (exact) mass is 212 g/mol. The molecule has 0 saturated heterocycles. The Morgan fingerprint density at radius 3 is 3.07 bits per heavy atom. The molecule has 4 heteroatoms. The van der Waals surface area contributed by atoms with E-state index in [-0.39, 0.29) is 5.75 Å². The van der Waals surface area contributed by atoms with E-state index < -0.39 is 0 Å². The van der Waals surface area contributed by atoms with E-state index in [1.54, 1.807) is 18.2 Å². The molecule has 0 aliphatic carbocycles. The first-order valence-electron chi connectivity index (χ1n) is 4.20. The van der Waals surface area contributed by atoms with E-state index in [2.05, 4.69) is 0 Å². The van der Waals surface area contributed by atoms with Gasteiger partial charge in [-0.15, -0.1) is 11.6 Å². The van der Waals surface area contributed by atoms with Gasteiger partial charge >= 0.3 is 0 Å². The molecule has 1 aromatic heterocycles. The van der Waals surface area contributed by atoms with Crippen LogP contribution in [0.3, 0.4) is 0 Å². The summed E-state index contributed by atoms with van der Waals surface area (Å²) < 4.78 is 10.4. The summed E-state index contributed by atoms with van der Waals surface area (Å²) in [6, 6.07) is 5.24. The summed E-state index contributed by atoms with van der Waals surface area (Å²) in [5.74, 6) is 1.28. The predicted molar refractivity (Wildman–Crippen MR) is 54.1 cm³/mol. The Kier molecular flexibility index (Phi) is 2.50. The van der Waals surface area contributed by atoms with Gasteiger partial charge in [-0.1, -0.05) is 0 Å². The molecule has 0 bridgehead atoms. The van der Waals surface area contributed by atoms with Gasteiger partial charge in [0.25, 0.3) is 0 Å². The van der Waals surface area contributed by atoms with Crippen LogP contribution >= 0.6 is 11.6 Å². The molecule has 0 amide bonds. The van der Waals surface area contributed by atoms with Crippen LogP contribution in [0.5, 0.6) is 11.5 Å². The Morgan fingerprint density at radius 2 is 2.29 bits per heavy atom. The van der Waals surface area contributed by atoms with E-state index in [9.17, 15) is 5.11 Å². The largest absolute Gasteiger partial charge is 0.504 e.